The highest BCUT2D eigenvalue weighted by molar-refractivity contribution is 7.15. The van der Waals surface area contributed by atoms with Gasteiger partial charge in [-0.05, 0) is 31.2 Å². The summed E-state index contributed by atoms with van der Waals surface area (Å²) in [6, 6.07) is 9.69. The molecule has 0 saturated carbocycles. The minimum Gasteiger partial charge on any atom is -0.334 e. The number of aryl methyl sites for hydroxylation is 2. The number of hydrogen-bond acceptors (Lipinski definition) is 3. The van der Waals surface area contributed by atoms with Crippen molar-refractivity contribution in [1.82, 2.24) is 10.3 Å². The van der Waals surface area contributed by atoms with Crippen molar-refractivity contribution in [3.63, 3.8) is 0 Å². The number of rotatable bonds is 3. The number of carbonyl (C=O) groups is 1. The number of nitrogens with one attached hydrogen (secondary N) is 2. The van der Waals surface area contributed by atoms with Crippen LogP contribution in [0.15, 0.2) is 30.3 Å². The molecule has 0 spiro atoms. The molecule has 4 nitrogen and oxygen atoms in total. The molecule has 3 rings (SSSR count). The molecule has 0 saturated heterocycles. The van der Waals surface area contributed by atoms with Crippen LogP contribution < -0.4 is 10.6 Å². The first-order chi connectivity index (χ1) is 10.3. The van der Waals surface area contributed by atoms with Gasteiger partial charge in [-0.3, -0.25) is 5.32 Å². The molecule has 21 heavy (non-hydrogen) atoms. The van der Waals surface area contributed by atoms with Gasteiger partial charge in [-0.15, -0.1) is 11.3 Å². The van der Waals surface area contributed by atoms with E-state index in [0.29, 0.717) is 11.7 Å². The first-order valence-corrected chi connectivity index (χ1v) is 8.20. The van der Waals surface area contributed by atoms with Crippen molar-refractivity contribution in [2.45, 2.75) is 38.6 Å². The Labute approximate surface area is 128 Å². The molecule has 0 aliphatic heterocycles. The molecule has 1 heterocycles. The predicted octanol–water partition coefficient (Wildman–Crippen LogP) is 3.73. The van der Waals surface area contributed by atoms with E-state index in [4.69, 9.17) is 0 Å². The monoisotopic (exact) mass is 301 g/mol. The largest absolute Gasteiger partial charge is 0.334 e. The van der Waals surface area contributed by atoms with Crippen molar-refractivity contribution >= 4 is 22.5 Å². The van der Waals surface area contributed by atoms with E-state index in [-0.39, 0.29) is 6.03 Å². The van der Waals surface area contributed by atoms with Crippen LogP contribution in [0.5, 0.6) is 0 Å². The fourth-order valence-corrected chi connectivity index (χ4v) is 3.55. The molecule has 2 N–H and O–H groups in total. The fourth-order valence-electron chi connectivity index (χ4n) is 2.50. The van der Waals surface area contributed by atoms with Gasteiger partial charge in [-0.1, -0.05) is 36.8 Å². The van der Waals surface area contributed by atoms with Gasteiger partial charge in [0.2, 0.25) is 0 Å². The summed E-state index contributed by atoms with van der Waals surface area (Å²) in [6.07, 6.45) is 5.86. The van der Waals surface area contributed by atoms with Crippen molar-refractivity contribution in [2.75, 3.05) is 5.32 Å². The van der Waals surface area contributed by atoms with Gasteiger partial charge < -0.3 is 5.32 Å². The average molecular weight is 301 g/mol. The van der Waals surface area contributed by atoms with Crippen LogP contribution in [-0.2, 0) is 19.4 Å². The van der Waals surface area contributed by atoms with Gasteiger partial charge in [0.1, 0.15) is 0 Å². The molecular formula is C16H19N3OS. The molecule has 5 heteroatoms. The van der Waals surface area contributed by atoms with Gasteiger partial charge in [-0.2, -0.15) is 0 Å². The molecule has 0 atom stereocenters. The molecule has 2 amide bonds. The van der Waals surface area contributed by atoms with Crippen molar-refractivity contribution in [3.05, 3.63) is 46.5 Å². The third-order valence-corrected chi connectivity index (χ3v) is 4.68. The Balaban J connectivity index is 1.55. The quantitative estimate of drug-likeness (QED) is 0.849. The minimum atomic E-state index is -0.192. The number of nitrogens with zero attached hydrogens (tertiary/aromatic N) is 1. The van der Waals surface area contributed by atoms with Gasteiger partial charge in [0.05, 0.1) is 5.69 Å². The lowest BCUT2D eigenvalue weighted by molar-refractivity contribution is 0.251. The number of aromatic nitrogens is 1. The van der Waals surface area contributed by atoms with E-state index in [1.807, 2.05) is 30.3 Å². The highest BCUT2D eigenvalue weighted by atomic mass is 32.1. The maximum atomic E-state index is 11.9. The summed E-state index contributed by atoms with van der Waals surface area (Å²) in [5.74, 6) is 0. The van der Waals surface area contributed by atoms with E-state index >= 15 is 0 Å². The number of fused-ring (bicyclic) bond motifs is 1. The molecule has 1 aromatic carbocycles. The van der Waals surface area contributed by atoms with E-state index in [2.05, 4.69) is 15.6 Å². The number of thiazole rings is 1. The number of amides is 2. The molecule has 0 radical (unpaired) electrons. The molecular weight excluding hydrogens is 282 g/mol. The second kappa shape index (κ2) is 6.72. The topological polar surface area (TPSA) is 54.0 Å². The van der Waals surface area contributed by atoms with Crippen LogP contribution in [-0.4, -0.2) is 11.0 Å². The Bertz CT molecular complexity index is 586. The number of carbonyl (C=O) groups excluding carboxylic acids is 1. The Hall–Kier alpha value is -1.88. The maximum absolute atomic E-state index is 11.9. The van der Waals surface area contributed by atoms with Crippen molar-refractivity contribution < 1.29 is 4.79 Å². The number of urea groups is 1. The molecule has 0 bridgehead atoms. The van der Waals surface area contributed by atoms with Gasteiger partial charge in [0.25, 0.3) is 0 Å². The van der Waals surface area contributed by atoms with Crippen LogP contribution in [0.25, 0.3) is 0 Å². The summed E-state index contributed by atoms with van der Waals surface area (Å²) >= 11 is 1.62. The zero-order valence-electron chi connectivity index (χ0n) is 11.9. The molecule has 0 fully saturated rings. The highest BCUT2D eigenvalue weighted by Crippen LogP contribution is 2.28. The standard InChI is InChI=1S/C16H19N3OS/c20-15(17-11-12-7-3-1-4-8-12)19-16-18-13-9-5-2-6-10-14(13)21-16/h1,3-4,7-8H,2,5-6,9-11H2,(H2,17,18,19,20). The average Bonchev–Trinajstić information content (AvgIpc) is 2.75. The van der Waals surface area contributed by atoms with E-state index in [9.17, 15) is 4.79 Å². The minimum absolute atomic E-state index is 0.192. The Morgan fingerprint density at radius 3 is 2.81 bits per heavy atom. The molecule has 2 aromatic rings. The van der Waals surface area contributed by atoms with E-state index in [1.54, 1.807) is 11.3 Å². The summed E-state index contributed by atoms with van der Waals surface area (Å²) in [7, 11) is 0. The third-order valence-electron chi connectivity index (χ3n) is 3.61. The summed E-state index contributed by atoms with van der Waals surface area (Å²) in [5.41, 5.74) is 2.26. The van der Waals surface area contributed by atoms with Crippen LogP contribution in [0.1, 0.15) is 35.4 Å². The van der Waals surface area contributed by atoms with E-state index in [1.165, 1.54) is 29.8 Å². The van der Waals surface area contributed by atoms with Crippen molar-refractivity contribution in [1.29, 1.82) is 0 Å². The van der Waals surface area contributed by atoms with Crippen LogP contribution in [0.4, 0.5) is 9.93 Å². The summed E-state index contributed by atoms with van der Waals surface area (Å²) in [5, 5.41) is 6.42. The molecule has 1 aromatic heterocycles. The lowest BCUT2D eigenvalue weighted by Crippen LogP contribution is -2.28. The molecule has 1 aliphatic rings. The normalized spacial score (nSPS) is 14.1. The highest BCUT2D eigenvalue weighted by Gasteiger charge is 2.15. The van der Waals surface area contributed by atoms with Gasteiger partial charge in [-0.25, -0.2) is 9.78 Å². The molecule has 110 valence electrons. The van der Waals surface area contributed by atoms with Gasteiger partial charge in [0, 0.05) is 11.4 Å². The van der Waals surface area contributed by atoms with Crippen molar-refractivity contribution in [3.8, 4) is 0 Å². The molecule has 1 aliphatic carbocycles. The Morgan fingerprint density at radius 1 is 1.14 bits per heavy atom. The van der Waals surface area contributed by atoms with E-state index < -0.39 is 0 Å². The molecule has 0 unspecified atom stereocenters. The zero-order chi connectivity index (χ0) is 14.5. The number of benzene rings is 1. The summed E-state index contributed by atoms with van der Waals surface area (Å²) in [6.45, 7) is 0.526. The van der Waals surface area contributed by atoms with Gasteiger partial charge in [0.15, 0.2) is 5.13 Å². The van der Waals surface area contributed by atoms with Crippen LogP contribution >= 0.6 is 11.3 Å². The van der Waals surface area contributed by atoms with Crippen LogP contribution in [0.3, 0.4) is 0 Å². The van der Waals surface area contributed by atoms with Gasteiger partial charge >= 0.3 is 6.03 Å². The van der Waals surface area contributed by atoms with Crippen LogP contribution in [0, 0.1) is 0 Å². The first-order valence-electron chi connectivity index (χ1n) is 7.38. The lowest BCUT2D eigenvalue weighted by atomic mass is 10.2. The second-order valence-corrected chi connectivity index (χ2v) is 6.33. The summed E-state index contributed by atoms with van der Waals surface area (Å²) in [4.78, 5) is 17.8. The van der Waals surface area contributed by atoms with Crippen LogP contribution in [0.2, 0.25) is 0 Å². The Kier molecular flexibility index (Phi) is 4.50. The lowest BCUT2D eigenvalue weighted by Gasteiger charge is -2.05. The predicted molar refractivity (Wildman–Crippen MR) is 85.7 cm³/mol. The first kappa shape index (κ1) is 14.1. The zero-order valence-corrected chi connectivity index (χ0v) is 12.7. The Morgan fingerprint density at radius 2 is 1.95 bits per heavy atom. The number of hydrogen-bond donors (Lipinski definition) is 2. The SMILES string of the molecule is O=C(NCc1ccccc1)Nc1nc2c(s1)CCCCC2. The third kappa shape index (κ3) is 3.82. The number of anilines is 1. The maximum Gasteiger partial charge on any atom is 0.321 e. The second-order valence-electron chi connectivity index (χ2n) is 5.24. The fraction of sp³-hybridized carbons (Fsp3) is 0.375. The summed E-state index contributed by atoms with van der Waals surface area (Å²) < 4.78 is 0. The smallest absolute Gasteiger partial charge is 0.321 e. The van der Waals surface area contributed by atoms with Crippen molar-refractivity contribution in [2.24, 2.45) is 0 Å². The van der Waals surface area contributed by atoms with E-state index in [0.717, 1.165) is 18.4 Å².